The van der Waals surface area contributed by atoms with Crippen molar-refractivity contribution in [3.63, 3.8) is 0 Å². The van der Waals surface area contributed by atoms with Gasteiger partial charge in [0.15, 0.2) is 11.5 Å². The van der Waals surface area contributed by atoms with Crippen LogP contribution in [0.3, 0.4) is 0 Å². The van der Waals surface area contributed by atoms with E-state index in [1.807, 2.05) is 24.4 Å². The second-order valence-electron chi connectivity index (χ2n) is 6.04. The minimum absolute atomic E-state index is 0.456. The Hall–Kier alpha value is -1.97. The van der Waals surface area contributed by atoms with Crippen LogP contribution in [0.2, 0.25) is 0 Å². The van der Waals surface area contributed by atoms with Gasteiger partial charge in [0, 0.05) is 18.1 Å². The van der Waals surface area contributed by atoms with Crippen molar-refractivity contribution in [3.05, 3.63) is 24.4 Å². The SMILES string of the molecule is CC1(CNc2nccc3cc4c(cc23)OCCO4)CC1. The molecular formula is C16H18N2O2. The topological polar surface area (TPSA) is 43.4 Å². The number of hydrogen-bond acceptors (Lipinski definition) is 4. The van der Waals surface area contributed by atoms with Crippen molar-refractivity contribution < 1.29 is 9.47 Å². The van der Waals surface area contributed by atoms with Crippen LogP contribution in [-0.4, -0.2) is 24.7 Å². The van der Waals surface area contributed by atoms with Gasteiger partial charge in [-0.3, -0.25) is 0 Å². The van der Waals surface area contributed by atoms with Crippen molar-refractivity contribution in [2.24, 2.45) is 5.41 Å². The second kappa shape index (κ2) is 4.27. The lowest BCUT2D eigenvalue weighted by molar-refractivity contribution is 0.172. The van der Waals surface area contributed by atoms with E-state index in [9.17, 15) is 0 Å². The summed E-state index contributed by atoms with van der Waals surface area (Å²) in [6.45, 7) is 4.52. The summed E-state index contributed by atoms with van der Waals surface area (Å²) in [5.74, 6) is 2.58. The zero-order chi connectivity index (χ0) is 13.6. The van der Waals surface area contributed by atoms with E-state index in [4.69, 9.17) is 9.47 Å². The van der Waals surface area contributed by atoms with Gasteiger partial charge in [-0.2, -0.15) is 0 Å². The normalized spacial score (nSPS) is 18.9. The smallest absolute Gasteiger partial charge is 0.162 e. The Bertz CT molecular complexity index is 665. The van der Waals surface area contributed by atoms with Crippen LogP contribution in [0.1, 0.15) is 19.8 Å². The predicted octanol–water partition coefficient (Wildman–Crippen LogP) is 3.22. The first-order valence-corrected chi connectivity index (χ1v) is 7.16. The molecule has 1 aromatic carbocycles. The Balaban J connectivity index is 1.72. The van der Waals surface area contributed by atoms with Crippen LogP contribution in [0.15, 0.2) is 24.4 Å². The van der Waals surface area contributed by atoms with Crippen LogP contribution in [0.25, 0.3) is 10.8 Å². The van der Waals surface area contributed by atoms with Gasteiger partial charge in [0.05, 0.1) is 0 Å². The van der Waals surface area contributed by atoms with E-state index in [1.165, 1.54) is 12.8 Å². The molecule has 4 heteroatoms. The van der Waals surface area contributed by atoms with E-state index >= 15 is 0 Å². The highest BCUT2D eigenvalue weighted by molar-refractivity contribution is 5.94. The molecule has 1 fully saturated rings. The molecule has 1 aliphatic carbocycles. The summed E-state index contributed by atoms with van der Waals surface area (Å²) < 4.78 is 11.3. The molecular weight excluding hydrogens is 252 g/mol. The Morgan fingerprint density at radius 1 is 1.20 bits per heavy atom. The molecule has 20 heavy (non-hydrogen) atoms. The van der Waals surface area contributed by atoms with Gasteiger partial charge in [0.25, 0.3) is 0 Å². The highest BCUT2D eigenvalue weighted by Gasteiger charge is 2.36. The minimum Gasteiger partial charge on any atom is -0.486 e. The Kier molecular flexibility index (Phi) is 2.52. The first-order chi connectivity index (χ1) is 9.73. The van der Waals surface area contributed by atoms with Crippen LogP contribution in [0, 0.1) is 5.41 Å². The molecule has 2 heterocycles. The number of nitrogens with zero attached hydrogens (tertiary/aromatic N) is 1. The van der Waals surface area contributed by atoms with E-state index in [1.54, 1.807) is 0 Å². The van der Waals surface area contributed by atoms with Gasteiger partial charge in [-0.25, -0.2) is 4.98 Å². The Morgan fingerprint density at radius 2 is 1.95 bits per heavy atom. The number of nitrogens with one attached hydrogen (secondary N) is 1. The van der Waals surface area contributed by atoms with Crippen molar-refractivity contribution in [1.82, 2.24) is 4.98 Å². The van der Waals surface area contributed by atoms with Gasteiger partial charge in [-0.05, 0) is 41.8 Å². The standard InChI is InChI=1S/C16H18N2O2/c1-16(3-4-16)10-18-15-12-9-14-13(19-6-7-20-14)8-11(12)2-5-17-15/h2,5,8-9H,3-4,6-7,10H2,1H3,(H,17,18). The van der Waals surface area contributed by atoms with Crippen LogP contribution in [-0.2, 0) is 0 Å². The van der Waals surface area contributed by atoms with E-state index in [0.29, 0.717) is 18.6 Å². The number of aromatic nitrogens is 1. The molecule has 1 N–H and O–H groups in total. The molecule has 2 aliphatic rings. The van der Waals surface area contributed by atoms with Crippen LogP contribution >= 0.6 is 0 Å². The van der Waals surface area contributed by atoms with Crippen molar-refractivity contribution in [1.29, 1.82) is 0 Å². The average Bonchev–Trinajstić information content (AvgIpc) is 3.21. The lowest BCUT2D eigenvalue weighted by Crippen LogP contribution is -2.15. The number of pyridine rings is 1. The molecule has 0 amide bonds. The van der Waals surface area contributed by atoms with E-state index in [0.717, 1.165) is 34.6 Å². The van der Waals surface area contributed by atoms with Crippen LogP contribution in [0.5, 0.6) is 11.5 Å². The van der Waals surface area contributed by atoms with Gasteiger partial charge in [0.1, 0.15) is 19.0 Å². The molecule has 0 radical (unpaired) electrons. The quantitative estimate of drug-likeness (QED) is 0.930. The highest BCUT2D eigenvalue weighted by Crippen LogP contribution is 2.45. The number of anilines is 1. The molecule has 4 rings (SSSR count). The fourth-order valence-corrected chi connectivity index (χ4v) is 2.54. The molecule has 0 bridgehead atoms. The third-order valence-electron chi connectivity index (χ3n) is 4.21. The first kappa shape index (κ1) is 11.8. The molecule has 1 saturated carbocycles. The minimum atomic E-state index is 0.456. The summed E-state index contributed by atoms with van der Waals surface area (Å²) in [5.41, 5.74) is 0.456. The number of ether oxygens (including phenoxy) is 2. The van der Waals surface area contributed by atoms with Gasteiger partial charge in [-0.15, -0.1) is 0 Å². The first-order valence-electron chi connectivity index (χ1n) is 7.16. The van der Waals surface area contributed by atoms with Crippen molar-refractivity contribution >= 4 is 16.6 Å². The monoisotopic (exact) mass is 270 g/mol. The third kappa shape index (κ3) is 2.05. The third-order valence-corrected chi connectivity index (χ3v) is 4.21. The molecule has 0 saturated heterocycles. The average molecular weight is 270 g/mol. The summed E-state index contributed by atoms with van der Waals surface area (Å²) in [6, 6.07) is 6.08. The molecule has 1 aromatic heterocycles. The van der Waals surface area contributed by atoms with Crippen molar-refractivity contribution in [2.75, 3.05) is 25.1 Å². The fourth-order valence-electron chi connectivity index (χ4n) is 2.54. The maximum atomic E-state index is 5.66. The molecule has 0 spiro atoms. The van der Waals surface area contributed by atoms with Gasteiger partial charge >= 0.3 is 0 Å². The van der Waals surface area contributed by atoms with Gasteiger partial charge in [0.2, 0.25) is 0 Å². The summed E-state index contributed by atoms with van der Waals surface area (Å²) >= 11 is 0. The zero-order valence-electron chi connectivity index (χ0n) is 11.6. The summed E-state index contributed by atoms with van der Waals surface area (Å²) in [7, 11) is 0. The van der Waals surface area contributed by atoms with Gasteiger partial charge in [-0.1, -0.05) is 6.92 Å². The number of hydrogen-bond donors (Lipinski definition) is 1. The van der Waals surface area contributed by atoms with Crippen molar-refractivity contribution in [3.8, 4) is 11.5 Å². The Labute approximate surface area is 118 Å². The largest absolute Gasteiger partial charge is 0.486 e. The lowest BCUT2D eigenvalue weighted by Gasteiger charge is -2.20. The predicted molar refractivity (Wildman–Crippen MR) is 78.6 cm³/mol. The van der Waals surface area contributed by atoms with E-state index < -0.39 is 0 Å². The second-order valence-corrected chi connectivity index (χ2v) is 6.04. The molecule has 0 unspecified atom stereocenters. The lowest BCUT2D eigenvalue weighted by atomic mass is 10.1. The fraction of sp³-hybridized carbons (Fsp3) is 0.438. The van der Waals surface area contributed by atoms with Crippen LogP contribution in [0.4, 0.5) is 5.82 Å². The van der Waals surface area contributed by atoms with Gasteiger partial charge < -0.3 is 14.8 Å². The number of rotatable bonds is 3. The Morgan fingerprint density at radius 3 is 2.70 bits per heavy atom. The molecule has 1 aliphatic heterocycles. The molecule has 2 aromatic rings. The van der Waals surface area contributed by atoms with E-state index in [-0.39, 0.29) is 0 Å². The zero-order valence-corrected chi connectivity index (χ0v) is 11.6. The molecule has 4 nitrogen and oxygen atoms in total. The maximum absolute atomic E-state index is 5.66. The molecule has 0 atom stereocenters. The number of fused-ring (bicyclic) bond motifs is 2. The van der Waals surface area contributed by atoms with E-state index in [2.05, 4.69) is 17.2 Å². The van der Waals surface area contributed by atoms with Crippen molar-refractivity contribution in [2.45, 2.75) is 19.8 Å². The van der Waals surface area contributed by atoms with Crippen LogP contribution < -0.4 is 14.8 Å². The summed E-state index contributed by atoms with van der Waals surface area (Å²) in [6.07, 6.45) is 4.45. The maximum Gasteiger partial charge on any atom is 0.162 e. The summed E-state index contributed by atoms with van der Waals surface area (Å²) in [4.78, 5) is 4.48. The highest BCUT2D eigenvalue weighted by atomic mass is 16.6. The number of benzene rings is 1. The molecule has 104 valence electrons. The summed E-state index contributed by atoms with van der Waals surface area (Å²) in [5, 5.41) is 5.72.